The van der Waals surface area contributed by atoms with Gasteiger partial charge in [-0.2, -0.15) is 0 Å². The molecule has 1 heterocycles. The summed E-state index contributed by atoms with van der Waals surface area (Å²) in [7, 11) is -3.46. The average Bonchev–Trinajstić information content (AvgIpc) is 3.51. The average molecular weight is 419 g/mol. The Bertz CT molecular complexity index is 1170. The Morgan fingerprint density at radius 1 is 1.11 bits per heavy atom. The summed E-state index contributed by atoms with van der Waals surface area (Å²) < 4.78 is 39.5. The summed E-state index contributed by atoms with van der Waals surface area (Å²) in [5, 5.41) is 1.25. The van der Waals surface area contributed by atoms with Crippen molar-refractivity contribution in [3.05, 3.63) is 64.7 Å². The second-order valence-corrected chi connectivity index (χ2v) is 9.96. The van der Waals surface area contributed by atoms with Gasteiger partial charge in [0.05, 0.1) is 21.6 Å². The molecule has 0 bridgehead atoms. The molecule has 0 radical (unpaired) electrons. The zero-order valence-corrected chi connectivity index (χ0v) is 16.7. The number of halogens is 1. The molecule has 0 amide bonds. The Balaban J connectivity index is 1.48. The van der Waals surface area contributed by atoms with Crippen LogP contribution in [0, 0.1) is 5.82 Å². The van der Waals surface area contributed by atoms with Gasteiger partial charge in [0.25, 0.3) is 5.56 Å². The number of aromatic nitrogens is 2. The summed E-state index contributed by atoms with van der Waals surface area (Å²) in [5.74, 6) is 0.0278. The first-order valence-electron chi connectivity index (χ1n) is 9.08. The van der Waals surface area contributed by atoms with Crippen LogP contribution in [0.4, 0.5) is 4.39 Å². The van der Waals surface area contributed by atoms with Gasteiger partial charge in [0.1, 0.15) is 5.82 Å². The van der Waals surface area contributed by atoms with Crippen LogP contribution < -0.4 is 5.56 Å². The van der Waals surface area contributed by atoms with Gasteiger partial charge in [-0.25, -0.2) is 17.8 Å². The van der Waals surface area contributed by atoms with Gasteiger partial charge in [-0.15, -0.1) is 0 Å². The molecule has 5 nitrogen and oxygen atoms in total. The van der Waals surface area contributed by atoms with Crippen molar-refractivity contribution in [2.24, 2.45) is 0 Å². The molecule has 28 heavy (non-hydrogen) atoms. The molecular formula is C20H19FN2O3S2. The maximum absolute atomic E-state index is 13.0. The molecule has 1 aliphatic rings. The zero-order valence-electron chi connectivity index (χ0n) is 15.0. The number of fused-ring (bicyclic) bond motifs is 1. The lowest BCUT2D eigenvalue weighted by molar-refractivity contribution is 0.593. The minimum atomic E-state index is -3.46. The van der Waals surface area contributed by atoms with E-state index in [9.17, 15) is 17.6 Å². The van der Waals surface area contributed by atoms with Crippen LogP contribution in [-0.2, 0) is 9.84 Å². The van der Waals surface area contributed by atoms with Gasteiger partial charge < -0.3 is 0 Å². The van der Waals surface area contributed by atoms with E-state index in [2.05, 4.69) is 4.98 Å². The number of hydrogen-bond donors (Lipinski definition) is 0. The quantitative estimate of drug-likeness (QED) is 0.252. The van der Waals surface area contributed by atoms with E-state index in [4.69, 9.17) is 0 Å². The van der Waals surface area contributed by atoms with Crippen LogP contribution in [0.2, 0.25) is 0 Å². The topological polar surface area (TPSA) is 69.0 Å². The van der Waals surface area contributed by atoms with Crippen molar-refractivity contribution in [2.45, 2.75) is 35.4 Å². The normalized spacial score (nSPS) is 14.5. The van der Waals surface area contributed by atoms with Crippen LogP contribution in [-0.4, -0.2) is 29.5 Å². The first kappa shape index (κ1) is 19.1. The van der Waals surface area contributed by atoms with Crippen LogP contribution in [0.15, 0.2) is 63.4 Å². The van der Waals surface area contributed by atoms with Gasteiger partial charge in [-0.1, -0.05) is 23.9 Å². The molecule has 1 saturated carbocycles. The van der Waals surface area contributed by atoms with E-state index in [0.717, 1.165) is 25.0 Å². The lowest BCUT2D eigenvalue weighted by Gasteiger charge is -2.12. The van der Waals surface area contributed by atoms with E-state index in [-0.39, 0.29) is 22.2 Å². The molecule has 0 unspecified atom stereocenters. The van der Waals surface area contributed by atoms with Crippen molar-refractivity contribution in [1.29, 1.82) is 0 Å². The number of hydrogen-bond acceptors (Lipinski definition) is 5. The van der Waals surface area contributed by atoms with E-state index >= 15 is 0 Å². The maximum Gasteiger partial charge on any atom is 0.262 e. The smallest absolute Gasteiger partial charge is 0.262 e. The molecule has 0 aliphatic heterocycles. The second kappa shape index (κ2) is 7.67. The molecule has 0 saturated heterocycles. The Morgan fingerprint density at radius 3 is 2.54 bits per heavy atom. The summed E-state index contributed by atoms with van der Waals surface area (Å²) in [6, 6.07) is 12.3. The first-order chi connectivity index (χ1) is 13.5. The monoisotopic (exact) mass is 418 g/mol. The Labute approximate surface area is 166 Å². The number of sulfone groups is 1. The number of nitrogens with zero attached hydrogens (tertiary/aromatic N) is 2. The Kier molecular flexibility index (Phi) is 5.25. The molecule has 3 aromatic rings. The third-order valence-electron chi connectivity index (χ3n) is 4.65. The fourth-order valence-electron chi connectivity index (χ4n) is 3.05. The zero-order chi connectivity index (χ0) is 19.7. The number of rotatable bonds is 7. The van der Waals surface area contributed by atoms with Crippen molar-refractivity contribution in [1.82, 2.24) is 9.55 Å². The highest BCUT2D eigenvalue weighted by atomic mass is 32.2. The number of benzene rings is 2. The molecule has 146 valence electrons. The Morgan fingerprint density at radius 2 is 1.82 bits per heavy atom. The molecule has 4 rings (SSSR count). The van der Waals surface area contributed by atoms with Gasteiger partial charge in [0, 0.05) is 11.8 Å². The summed E-state index contributed by atoms with van der Waals surface area (Å²) in [5.41, 5.74) is 0.625. The third-order valence-corrected chi connectivity index (χ3v) is 7.50. The minimum Gasteiger partial charge on any atom is -0.284 e. The largest absolute Gasteiger partial charge is 0.284 e. The molecule has 1 aromatic heterocycles. The highest BCUT2D eigenvalue weighted by molar-refractivity contribution is 7.99. The first-order valence-corrected chi connectivity index (χ1v) is 11.7. The predicted molar refractivity (Wildman–Crippen MR) is 108 cm³/mol. The summed E-state index contributed by atoms with van der Waals surface area (Å²) in [6.07, 6.45) is 2.34. The summed E-state index contributed by atoms with van der Waals surface area (Å²) >= 11 is 1.41. The molecular weight excluding hydrogens is 399 g/mol. The third kappa shape index (κ3) is 3.98. The SMILES string of the molecule is O=c1c2ccccc2nc(SCCCS(=O)(=O)c2ccc(F)cc2)n1C1CC1. The van der Waals surface area contributed by atoms with Crippen LogP contribution in [0.5, 0.6) is 0 Å². The predicted octanol–water partition coefficient (Wildman–Crippen LogP) is 3.83. The van der Waals surface area contributed by atoms with E-state index in [1.807, 2.05) is 18.2 Å². The lowest BCUT2D eigenvalue weighted by Crippen LogP contribution is -2.22. The van der Waals surface area contributed by atoms with E-state index in [1.165, 1.54) is 23.9 Å². The van der Waals surface area contributed by atoms with Crippen molar-refractivity contribution in [3.63, 3.8) is 0 Å². The van der Waals surface area contributed by atoms with Crippen LogP contribution in [0.1, 0.15) is 25.3 Å². The maximum atomic E-state index is 13.0. The van der Waals surface area contributed by atoms with Crippen molar-refractivity contribution in [2.75, 3.05) is 11.5 Å². The number of para-hydroxylation sites is 1. The van der Waals surface area contributed by atoms with Crippen LogP contribution in [0.25, 0.3) is 10.9 Å². The molecule has 8 heteroatoms. The molecule has 0 atom stereocenters. The van der Waals surface area contributed by atoms with E-state index < -0.39 is 15.7 Å². The Hall–Kier alpha value is -2.19. The molecule has 1 fully saturated rings. The van der Waals surface area contributed by atoms with Gasteiger partial charge in [-0.3, -0.25) is 9.36 Å². The molecule has 0 spiro atoms. The van der Waals surface area contributed by atoms with Crippen molar-refractivity contribution < 1.29 is 12.8 Å². The van der Waals surface area contributed by atoms with Crippen molar-refractivity contribution in [3.8, 4) is 0 Å². The highest BCUT2D eigenvalue weighted by Gasteiger charge is 2.28. The lowest BCUT2D eigenvalue weighted by atomic mass is 10.2. The van der Waals surface area contributed by atoms with E-state index in [1.54, 1.807) is 10.6 Å². The number of thioether (sulfide) groups is 1. The minimum absolute atomic E-state index is 0.0328. The van der Waals surface area contributed by atoms with Gasteiger partial charge >= 0.3 is 0 Å². The molecule has 1 aliphatic carbocycles. The van der Waals surface area contributed by atoms with Crippen LogP contribution >= 0.6 is 11.8 Å². The molecule has 0 N–H and O–H groups in total. The second-order valence-electron chi connectivity index (χ2n) is 6.79. The fourth-order valence-corrected chi connectivity index (χ4v) is 5.55. The molecule has 2 aromatic carbocycles. The van der Waals surface area contributed by atoms with Gasteiger partial charge in [0.15, 0.2) is 15.0 Å². The van der Waals surface area contributed by atoms with E-state index in [0.29, 0.717) is 28.2 Å². The highest BCUT2D eigenvalue weighted by Crippen LogP contribution is 2.37. The summed E-state index contributed by atoms with van der Waals surface area (Å²) in [6.45, 7) is 0. The van der Waals surface area contributed by atoms with Crippen LogP contribution in [0.3, 0.4) is 0 Å². The van der Waals surface area contributed by atoms with Gasteiger partial charge in [-0.05, 0) is 55.7 Å². The standard InChI is InChI=1S/C20H19FN2O3S2/c21-14-6-10-16(11-7-14)28(25,26)13-3-12-27-20-22-18-5-2-1-4-17(18)19(24)23(20)15-8-9-15/h1-2,4-7,10-11,15H,3,8-9,12-13H2. The van der Waals surface area contributed by atoms with Gasteiger partial charge in [0.2, 0.25) is 0 Å². The van der Waals surface area contributed by atoms with Crippen molar-refractivity contribution >= 4 is 32.5 Å². The summed E-state index contributed by atoms with van der Waals surface area (Å²) in [4.78, 5) is 17.6. The fraction of sp³-hybridized carbons (Fsp3) is 0.300.